The summed E-state index contributed by atoms with van der Waals surface area (Å²) < 4.78 is 10.8. The number of guanidine groups is 1. The van der Waals surface area contributed by atoms with Gasteiger partial charge < -0.3 is 20.1 Å². The van der Waals surface area contributed by atoms with Gasteiger partial charge in [0.2, 0.25) is 0 Å². The van der Waals surface area contributed by atoms with E-state index in [4.69, 9.17) is 14.5 Å². The number of ether oxygens (including phenoxy) is 2. The van der Waals surface area contributed by atoms with Crippen LogP contribution in [0.5, 0.6) is 11.5 Å². The maximum absolute atomic E-state index is 5.48. The van der Waals surface area contributed by atoms with Gasteiger partial charge in [-0.2, -0.15) is 0 Å². The zero-order valence-electron chi connectivity index (χ0n) is 18.8. The second-order valence-corrected chi connectivity index (χ2v) is 7.53. The van der Waals surface area contributed by atoms with Gasteiger partial charge in [-0.25, -0.2) is 4.99 Å². The van der Waals surface area contributed by atoms with Gasteiger partial charge in [0, 0.05) is 31.3 Å². The smallest absolute Gasteiger partial charge is 0.191 e. The fourth-order valence-electron chi connectivity index (χ4n) is 3.64. The number of benzene rings is 2. The molecule has 7 heteroatoms. The molecule has 1 saturated heterocycles. The van der Waals surface area contributed by atoms with E-state index in [2.05, 4.69) is 46.7 Å². The van der Waals surface area contributed by atoms with Crippen molar-refractivity contribution in [3.05, 3.63) is 59.2 Å². The van der Waals surface area contributed by atoms with Crippen LogP contribution in [0.1, 0.15) is 36.5 Å². The first-order chi connectivity index (χ1) is 14.7. The van der Waals surface area contributed by atoms with Crippen molar-refractivity contribution in [1.29, 1.82) is 0 Å². The van der Waals surface area contributed by atoms with Crippen LogP contribution in [0.15, 0.2) is 47.5 Å². The van der Waals surface area contributed by atoms with Gasteiger partial charge >= 0.3 is 0 Å². The Morgan fingerprint density at radius 3 is 2.32 bits per heavy atom. The zero-order valence-corrected chi connectivity index (χ0v) is 21.1. The van der Waals surface area contributed by atoms with Gasteiger partial charge in [-0.05, 0) is 56.1 Å². The molecule has 0 aliphatic carbocycles. The zero-order chi connectivity index (χ0) is 21.2. The molecule has 1 heterocycles. The predicted molar refractivity (Wildman–Crippen MR) is 138 cm³/mol. The molecular formula is C24H35IN4O2. The summed E-state index contributed by atoms with van der Waals surface area (Å²) in [5, 5.41) is 6.70. The van der Waals surface area contributed by atoms with E-state index in [9.17, 15) is 0 Å². The molecule has 0 aromatic heterocycles. The maximum Gasteiger partial charge on any atom is 0.191 e. The number of hydrogen-bond acceptors (Lipinski definition) is 4. The lowest BCUT2D eigenvalue weighted by atomic mass is 10.1. The summed E-state index contributed by atoms with van der Waals surface area (Å²) in [6, 6.07) is 14.7. The van der Waals surface area contributed by atoms with Gasteiger partial charge in [0.1, 0.15) is 11.5 Å². The Morgan fingerprint density at radius 1 is 0.968 bits per heavy atom. The Labute approximate surface area is 203 Å². The van der Waals surface area contributed by atoms with E-state index < -0.39 is 0 Å². The molecule has 0 radical (unpaired) electrons. The second-order valence-electron chi connectivity index (χ2n) is 7.53. The van der Waals surface area contributed by atoms with E-state index in [1.165, 1.54) is 37.1 Å². The highest BCUT2D eigenvalue weighted by molar-refractivity contribution is 14.0. The molecule has 1 aliphatic rings. The van der Waals surface area contributed by atoms with E-state index in [-0.39, 0.29) is 24.0 Å². The van der Waals surface area contributed by atoms with Gasteiger partial charge in [0.05, 0.1) is 20.8 Å². The van der Waals surface area contributed by atoms with Crippen molar-refractivity contribution in [3.63, 3.8) is 0 Å². The molecule has 2 aromatic carbocycles. The molecule has 3 rings (SSSR count). The van der Waals surface area contributed by atoms with Crippen molar-refractivity contribution in [2.45, 2.75) is 39.4 Å². The number of rotatable bonds is 9. The van der Waals surface area contributed by atoms with Crippen LogP contribution in [0.2, 0.25) is 0 Å². The summed E-state index contributed by atoms with van der Waals surface area (Å²) in [7, 11) is 3.33. The number of nitrogens with zero attached hydrogens (tertiary/aromatic N) is 2. The molecule has 1 fully saturated rings. The van der Waals surface area contributed by atoms with Crippen LogP contribution in [0.3, 0.4) is 0 Å². The van der Waals surface area contributed by atoms with Gasteiger partial charge in [0.15, 0.2) is 5.96 Å². The van der Waals surface area contributed by atoms with Crippen LogP contribution in [0.25, 0.3) is 0 Å². The summed E-state index contributed by atoms with van der Waals surface area (Å²) in [5.74, 6) is 2.37. The first-order valence-corrected chi connectivity index (χ1v) is 10.7. The van der Waals surface area contributed by atoms with Crippen molar-refractivity contribution in [1.82, 2.24) is 15.5 Å². The SMILES string of the molecule is CCNC(=NCc1ccc(CN2CCCC2)cc1)NCc1ccc(OC)cc1OC.I. The Morgan fingerprint density at radius 2 is 1.68 bits per heavy atom. The lowest BCUT2D eigenvalue weighted by Crippen LogP contribution is -2.36. The van der Waals surface area contributed by atoms with Crippen LogP contribution in [0.4, 0.5) is 0 Å². The van der Waals surface area contributed by atoms with Gasteiger partial charge in [0.25, 0.3) is 0 Å². The predicted octanol–water partition coefficient (Wildman–Crippen LogP) is 4.17. The molecule has 2 aromatic rings. The highest BCUT2D eigenvalue weighted by atomic mass is 127. The fourth-order valence-corrected chi connectivity index (χ4v) is 3.64. The van der Waals surface area contributed by atoms with E-state index in [1.807, 2.05) is 18.2 Å². The van der Waals surface area contributed by atoms with Gasteiger partial charge in [-0.1, -0.05) is 24.3 Å². The summed E-state index contributed by atoms with van der Waals surface area (Å²) >= 11 is 0. The summed E-state index contributed by atoms with van der Waals surface area (Å²) in [6.45, 7) is 7.63. The first-order valence-electron chi connectivity index (χ1n) is 10.7. The molecule has 1 aliphatic heterocycles. The van der Waals surface area contributed by atoms with Crippen molar-refractivity contribution < 1.29 is 9.47 Å². The number of methoxy groups -OCH3 is 2. The lowest BCUT2D eigenvalue weighted by molar-refractivity contribution is 0.331. The van der Waals surface area contributed by atoms with Crippen molar-refractivity contribution in [2.75, 3.05) is 33.9 Å². The molecule has 0 unspecified atom stereocenters. The normalized spacial score (nSPS) is 14.1. The average molecular weight is 538 g/mol. The largest absolute Gasteiger partial charge is 0.497 e. The third-order valence-electron chi connectivity index (χ3n) is 5.33. The highest BCUT2D eigenvalue weighted by Gasteiger charge is 2.11. The van der Waals surface area contributed by atoms with E-state index in [1.54, 1.807) is 14.2 Å². The van der Waals surface area contributed by atoms with E-state index >= 15 is 0 Å². The molecule has 170 valence electrons. The number of hydrogen-bond donors (Lipinski definition) is 2. The average Bonchev–Trinajstić information content (AvgIpc) is 3.29. The number of nitrogens with one attached hydrogen (secondary N) is 2. The van der Waals surface area contributed by atoms with Crippen molar-refractivity contribution in [3.8, 4) is 11.5 Å². The Kier molecular flexibility index (Phi) is 10.9. The summed E-state index contributed by atoms with van der Waals surface area (Å²) in [5.41, 5.74) is 3.64. The molecular weight excluding hydrogens is 503 g/mol. The maximum atomic E-state index is 5.48. The minimum Gasteiger partial charge on any atom is -0.497 e. The van der Waals surface area contributed by atoms with E-state index in [0.29, 0.717) is 13.1 Å². The van der Waals surface area contributed by atoms with E-state index in [0.717, 1.165) is 36.1 Å². The number of likely N-dealkylation sites (tertiary alicyclic amines) is 1. The van der Waals surface area contributed by atoms with Gasteiger partial charge in [-0.15, -0.1) is 24.0 Å². The topological polar surface area (TPSA) is 58.1 Å². The summed E-state index contributed by atoms with van der Waals surface area (Å²) in [6.07, 6.45) is 2.66. The van der Waals surface area contributed by atoms with Crippen LogP contribution in [-0.2, 0) is 19.6 Å². The minimum absolute atomic E-state index is 0. The molecule has 0 spiro atoms. The van der Waals surface area contributed by atoms with Crippen molar-refractivity contribution in [2.24, 2.45) is 4.99 Å². The third kappa shape index (κ3) is 7.88. The van der Waals surface area contributed by atoms with Gasteiger partial charge in [-0.3, -0.25) is 4.90 Å². The van der Waals surface area contributed by atoms with Crippen LogP contribution in [-0.4, -0.2) is 44.7 Å². The molecule has 0 atom stereocenters. The molecule has 0 saturated carbocycles. The highest BCUT2D eigenvalue weighted by Crippen LogP contribution is 2.24. The molecule has 6 nitrogen and oxygen atoms in total. The molecule has 0 bridgehead atoms. The first kappa shape index (κ1) is 25.3. The van der Waals surface area contributed by atoms with Crippen LogP contribution < -0.4 is 20.1 Å². The lowest BCUT2D eigenvalue weighted by Gasteiger charge is -2.15. The Hall–Kier alpha value is -2.00. The quantitative estimate of drug-likeness (QED) is 0.285. The Balaban J connectivity index is 0.00000341. The molecule has 2 N–H and O–H groups in total. The van der Waals surface area contributed by atoms with Crippen LogP contribution in [0, 0.1) is 0 Å². The van der Waals surface area contributed by atoms with Crippen molar-refractivity contribution >= 4 is 29.9 Å². The van der Waals surface area contributed by atoms with Crippen LogP contribution >= 0.6 is 24.0 Å². The fraction of sp³-hybridized carbons (Fsp3) is 0.458. The number of halogens is 1. The Bertz CT molecular complexity index is 821. The standard InChI is InChI=1S/C24H34N4O2.HI/c1-4-25-24(27-17-21-11-12-22(29-2)15-23(21)30-3)26-16-19-7-9-20(10-8-19)18-28-13-5-6-14-28;/h7-12,15H,4-6,13-14,16-18H2,1-3H3,(H2,25,26,27);1H. The molecule has 31 heavy (non-hydrogen) atoms. The minimum atomic E-state index is 0. The second kappa shape index (κ2) is 13.4. The monoisotopic (exact) mass is 538 g/mol. The number of aliphatic imine (C=N–C) groups is 1. The third-order valence-corrected chi connectivity index (χ3v) is 5.33. The molecule has 0 amide bonds. The summed E-state index contributed by atoms with van der Waals surface area (Å²) in [4.78, 5) is 7.26.